The monoisotopic (exact) mass is 455 g/mol. The number of halogens is 3. The van der Waals surface area contributed by atoms with Crippen molar-refractivity contribution in [3.05, 3.63) is 68.7 Å². The molecule has 2 aromatic carbocycles. The smallest absolute Gasteiger partial charge is 0.337 e. The fourth-order valence-electron chi connectivity index (χ4n) is 2.31. The van der Waals surface area contributed by atoms with Gasteiger partial charge in [-0.15, -0.1) is 0 Å². The van der Waals surface area contributed by atoms with Crippen molar-refractivity contribution < 1.29 is 24.2 Å². The molecule has 2 rings (SSSR count). The van der Waals surface area contributed by atoms with Crippen LogP contribution in [0.3, 0.4) is 0 Å². The highest BCUT2D eigenvalue weighted by molar-refractivity contribution is 6.45. The Morgan fingerprint density at radius 1 is 1.07 bits per heavy atom. The number of nitrogens with one attached hydrogen (secondary N) is 1. The van der Waals surface area contributed by atoms with Crippen LogP contribution in [0.15, 0.2) is 42.5 Å². The maximum Gasteiger partial charge on any atom is 0.337 e. The maximum atomic E-state index is 12.2. The molecule has 0 radical (unpaired) electrons. The van der Waals surface area contributed by atoms with Gasteiger partial charge in [-0.3, -0.25) is 9.59 Å². The molecule has 0 aliphatic carbocycles. The van der Waals surface area contributed by atoms with Crippen molar-refractivity contribution >= 4 is 58.1 Å². The Balaban J connectivity index is 2.13. The second kappa shape index (κ2) is 9.78. The van der Waals surface area contributed by atoms with Crippen LogP contribution in [0, 0.1) is 0 Å². The van der Waals surface area contributed by atoms with E-state index in [1.165, 1.54) is 30.3 Å². The number of allylic oxidation sites excluding steroid dienone is 1. The predicted molar refractivity (Wildman–Crippen MR) is 113 cm³/mol. The molecule has 0 unspecified atom stereocenters. The third-order valence-electron chi connectivity index (χ3n) is 3.88. The largest absolute Gasteiger partial charge is 0.482 e. The SMILES string of the molecule is C=C(CC)C(=O)c1ccc(OCC(=O)Nc2cc(Cl)ccc2C(=O)O)c(Cl)c1Cl. The summed E-state index contributed by atoms with van der Waals surface area (Å²) in [6, 6.07) is 6.84. The van der Waals surface area contributed by atoms with Crippen molar-refractivity contribution in [1.29, 1.82) is 0 Å². The first-order valence-corrected chi connectivity index (χ1v) is 9.45. The number of benzene rings is 2. The molecule has 0 aromatic heterocycles. The number of ketones is 1. The van der Waals surface area contributed by atoms with Gasteiger partial charge >= 0.3 is 5.97 Å². The van der Waals surface area contributed by atoms with Gasteiger partial charge in [0.25, 0.3) is 5.91 Å². The van der Waals surface area contributed by atoms with E-state index in [4.69, 9.17) is 39.5 Å². The molecule has 0 fully saturated rings. The molecule has 2 aromatic rings. The van der Waals surface area contributed by atoms with Crippen molar-refractivity contribution in [3.8, 4) is 5.75 Å². The molecule has 0 saturated heterocycles. The summed E-state index contributed by atoms with van der Waals surface area (Å²) >= 11 is 18.2. The van der Waals surface area contributed by atoms with E-state index in [9.17, 15) is 19.5 Å². The van der Waals surface area contributed by atoms with Crippen molar-refractivity contribution in [2.75, 3.05) is 11.9 Å². The molecule has 1 amide bonds. The van der Waals surface area contributed by atoms with Crippen LogP contribution in [0.5, 0.6) is 5.75 Å². The van der Waals surface area contributed by atoms with Crippen molar-refractivity contribution in [3.63, 3.8) is 0 Å². The quantitative estimate of drug-likeness (QED) is 0.403. The summed E-state index contributed by atoms with van der Waals surface area (Å²) in [5, 5.41) is 11.8. The van der Waals surface area contributed by atoms with Gasteiger partial charge in [-0.1, -0.05) is 48.3 Å². The van der Waals surface area contributed by atoms with Crippen LogP contribution in [0.1, 0.15) is 34.1 Å². The second-order valence-corrected chi connectivity index (χ2v) is 7.05. The van der Waals surface area contributed by atoms with E-state index in [1.54, 1.807) is 6.92 Å². The zero-order valence-corrected chi connectivity index (χ0v) is 17.5. The van der Waals surface area contributed by atoms with Crippen LogP contribution in [0.25, 0.3) is 0 Å². The number of carbonyl (C=O) groups is 3. The first-order chi connectivity index (χ1) is 13.6. The van der Waals surface area contributed by atoms with E-state index >= 15 is 0 Å². The molecule has 152 valence electrons. The average Bonchev–Trinajstić information content (AvgIpc) is 2.67. The number of carbonyl (C=O) groups excluding carboxylic acids is 2. The lowest BCUT2D eigenvalue weighted by Gasteiger charge is -2.13. The molecule has 29 heavy (non-hydrogen) atoms. The van der Waals surface area contributed by atoms with Gasteiger partial charge in [0.1, 0.15) is 10.8 Å². The van der Waals surface area contributed by atoms with Gasteiger partial charge in [0.15, 0.2) is 12.4 Å². The van der Waals surface area contributed by atoms with Gasteiger partial charge in [-0.05, 0) is 42.3 Å². The summed E-state index contributed by atoms with van der Waals surface area (Å²) < 4.78 is 5.36. The van der Waals surface area contributed by atoms with Crippen molar-refractivity contribution in [2.24, 2.45) is 0 Å². The van der Waals surface area contributed by atoms with Gasteiger partial charge in [-0.25, -0.2) is 4.79 Å². The number of hydrogen-bond donors (Lipinski definition) is 2. The first-order valence-electron chi connectivity index (χ1n) is 8.31. The van der Waals surface area contributed by atoms with E-state index in [0.717, 1.165) is 0 Å². The Kier molecular flexibility index (Phi) is 7.67. The Hall–Kier alpha value is -2.54. The van der Waals surface area contributed by atoms with Gasteiger partial charge < -0.3 is 15.2 Å². The van der Waals surface area contributed by atoms with E-state index in [0.29, 0.717) is 12.0 Å². The number of carboxylic acid groups (broad SMARTS) is 1. The maximum absolute atomic E-state index is 12.2. The average molecular weight is 457 g/mol. The number of hydrogen-bond acceptors (Lipinski definition) is 4. The number of carboxylic acids is 1. The lowest BCUT2D eigenvalue weighted by molar-refractivity contribution is -0.118. The number of ether oxygens (including phenoxy) is 1. The number of rotatable bonds is 8. The first kappa shape index (κ1) is 22.7. The molecule has 0 aliphatic rings. The number of anilines is 1. The summed E-state index contributed by atoms with van der Waals surface area (Å²) in [6.07, 6.45) is 0.465. The highest BCUT2D eigenvalue weighted by atomic mass is 35.5. The van der Waals surface area contributed by atoms with Crippen molar-refractivity contribution in [1.82, 2.24) is 0 Å². The standard InChI is InChI=1S/C20H16Cl3NO5/c1-3-10(2)19(26)13-6-7-15(18(23)17(13)22)29-9-16(25)24-14-8-11(21)4-5-12(14)20(27)28/h4-8H,2-3,9H2,1H3,(H,24,25)(H,27,28). The second-order valence-electron chi connectivity index (χ2n) is 5.86. The van der Waals surface area contributed by atoms with Crippen LogP contribution in [-0.4, -0.2) is 29.4 Å². The summed E-state index contributed by atoms with van der Waals surface area (Å²) in [5.41, 5.74) is 0.474. The molecule has 0 atom stereocenters. The minimum atomic E-state index is -1.22. The van der Waals surface area contributed by atoms with Gasteiger partial charge in [-0.2, -0.15) is 0 Å². The molecule has 0 spiro atoms. The van der Waals surface area contributed by atoms with E-state index in [1.807, 2.05) is 0 Å². The number of Topliss-reactive ketones (excluding diaryl/α,β-unsaturated/α-hetero) is 1. The van der Waals surface area contributed by atoms with Crippen LogP contribution in [0.2, 0.25) is 15.1 Å². The highest BCUT2D eigenvalue weighted by Gasteiger charge is 2.19. The number of amides is 1. The predicted octanol–water partition coefficient (Wildman–Crippen LogP) is 5.51. The van der Waals surface area contributed by atoms with Gasteiger partial charge in [0, 0.05) is 10.6 Å². The fraction of sp³-hybridized carbons (Fsp3) is 0.150. The van der Waals surface area contributed by atoms with E-state index in [2.05, 4.69) is 11.9 Å². The van der Waals surface area contributed by atoms with E-state index < -0.39 is 18.5 Å². The van der Waals surface area contributed by atoms with Crippen LogP contribution < -0.4 is 10.1 Å². The molecule has 0 heterocycles. The molecule has 6 nitrogen and oxygen atoms in total. The Morgan fingerprint density at radius 3 is 2.34 bits per heavy atom. The third-order valence-corrected chi connectivity index (χ3v) is 4.98. The molecular weight excluding hydrogens is 441 g/mol. The van der Waals surface area contributed by atoms with Crippen LogP contribution >= 0.6 is 34.8 Å². The molecule has 0 saturated carbocycles. The molecule has 0 aliphatic heterocycles. The normalized spacial score (nSPS) is 10.3. The highest BCUT2D eigenvalue weighted by Crippen LogP contribution is 2.35. The Labute approximate surface area is 182 Å². The third kappa shape index (κ3) is 5.50. The minimum absolute atomic E-state index is 0.00724. The Morgan fingerprint density at radius 2 is 1.72 bits per heavy atom. The lowest BCUT2D eigenvalue weighted by atomic mass is 10.0. The Bertz CT molecular complexity index is 1000. The van der Waals surface area contributed by atoms with Crippen molar-refractivity contribution in [2.45, 2.75) is 13.3 Å². The van der Waals surface area contributed by atoms with Crippen LogP contribution in [0.4, 0.5) is 5.69 Å². The molecular formula is C20H16Cl3NO5. The molecule has 0 bridgehead atoms. The van der Waals surface area contributed by atoms with Gasteiger partial charge in [0.2, 0.25) is 0 Å². The summed E-state index contributed by atoms with van der Waals surface area (Å²) in [7, 11) is 0. The fourth-order valence-corrected chi connectivity index (χ4v) is 2.94. The molecule has 2 N–H and O–H groups in total. The summed E-state index contributed by atoms with van der Waals surface area (Å²) in [6.45, 7) is 5.00. The zero-order valence-electron chi connectivity index (χ0n) is 15.2. The summed E-state index contributed by atoms with van der Waals surface area (Å²) in [5.74, 6) is -2.09. The summed E-state index contributed by atoms with van der Waals surface area (Å²) in [4.78, 5) is 35.6. The lowest BCUT2D eigenvalue weighted by Crippen LogP contribution is -2.21. The minimum Gasteiger partial charge on any atom is -0.482 e. The zero-order chi connectivity index (χ0) is 21.7. The topological polar surface area (TPSA) is 92.7 Å². The molecule has 9 heteroatoms. The van der Waals surface area contributed by atoms with Gasteiger partial charge in [0.05, 0.1) is 16.3 Å². The van der Waals surface area contributed by atoms with Crippen LogP contribution in [-0.2, 0) is 4.79 Å². The number of aromatic carboxylic acids is 1. The van der Waals surface area contributed by atoms with E-state index in [-0.39, 0.29) is 43.4 Å².